The first-order chi connectivity index (χ1) is 10.3. The van der Waals surface area contributed by atoms with Crippen LogP contribution in [0, 0.1) is 0 Å². The van der Waals surface area contributed by atoms with Crippen molar-refractivity contribution in [3.8, 4) is 0 Å². The molecule has 0 bridgehead atoms. The fourth-order valence-corrected chi connectivity index (χ4v) is 4.02. The molecular formula is C16H16N2O2S. The molecule has 1 amide bonds. The second-order valence-electron chi connectivity index (χ2n) is 5.43. The van der Waals surface area contributed by atoms with Crippen LogP contribution >= 0.6 is 11.3 Å². The Morgan fingerprint density at radius 1 is 1.48 bits per heavy atom. The molecule has 4 nitrogen and oxygen atoms in total. The smallest absolute Gasteiger partial charge is 0.257 e. The molecule has 2 aromatic heterocycles. The number of H-pyrrole nitrogens is 1. The standard InChI is InChI=1S/C16H16N2O2S/c19-15-13(7-10-3-1-5-17-10)14-9-12(21-16(14)18-15)8-11-4-2-6-20-11/h1,3,5,7,9,11,17H,2,4,6,8H2,(H,18,19). The predicted octanol–water partition coefficient (Wildman–Crippen LogP) is 3.29. The predicted molar refractivity (Wildman–Crippen MR) is 84.3 cm³/mol. The van der Waals surface area contributed by atoms with Crippen molar-refractivity contribution in [2.75, 3.05) is 11.9 Å². The summed E-state index contributed by atoms with van der Waals surface area (Å²) >= 11 is 1.67. The van der Waals surface area contributed by atoms with Crippen molar-refractivity contribution >= 4 is 33.9 Å². The number of hydrogen-bond acceptors (Lipinski definition) is 3. The lowest BCUT2D eigenvalue weighted by molar-refractivity contribution is -0.110. The summed E-state index contributed by atoms with van der Waals surface area (Å²) in [5.41, 5.74) is 2.70. The van der Waals surface area contributed by atoms with E-state index >= 15 is 0 Å². The molecule has 5 heteroatoms. The third-order valence-corrected chi connectivity index (χ3v) is 4.99. The number of carbonyl (C=O) groups excluding carboxylic acids is 1. The molecule has 0 saturated carbocycles. The zero-order chi connectivity index (χ0) is 14.2. The molecule has 0 aromatic carbocycles. The molecule has 4 rings (SSSR count). The third kappa shape index (κ3) is 2.43. The normalized spacial score (nSPS) is 22.8. The van der Waals surface area contributed by atoms with Gasteiger partial charge in [0.1, 0.15) is 5.00 Å². The van der Waals surface area contributed by atoms with Gasteiger partial charge in [0.05, 0.1) is 11.7 Å². The first kappa shape index (κ1) is 12.9. The molecule has 1 unspecified atom stereocenters. The fourth-order valence-electron chi connectivity index (χ4n) is 2.89. The molecule has 1 fully saturated rings. The maximum atomic E-state index is 12.1. The fraction of sp³-hybridized carbons (Fsp3) is 0.312. The van der Waals surface area contributed by atoms with Crippen LogP contribution in [-0.2, 0) is 16.0 Å². The number of aromatic amines is 1. The Kier molecular flexibility index (Phi) is 3.16. The highest BCUT2D eigenvalue weighted by atomic mass is 32.1. The van der Waals surface area contributed by atoms with Gasteiger partial charge >= 0.3 is 0 Å². The van der Waals surface area contributed by atoms with Gasteiger partial charge in [-0.05, 0) is 37.1 Å². The van der Waals surface area contributed by atoms with Crippen molar-refractivity contribution in [2.45, 2.75) is 25.4 Å². The van der Waals surface area contributed by atoms with Crippen molar-refractivity contribution < 1.29 is 9.53 Å². The van der Waals surface area contributed by atoms with E-state index in [1.54, 1.807) is 11.3 Å². The largest absolute Gasteiger partial charge is 0.378 e. The van der Waals surface area contributed by atoms with Crippen LogP contribution in [0.4, 0.5) is 5.00 Å². The average Bonchev–Trinajstić information content (AvgIpc) is 3.19. The molecule has 2 N–H and O–H groups in total. The van der Waals surface area contributed by atoms with Crippen LogP contribution in [0.2, 0.25) is 0 Å². The molecule has 2 aliphatic heterocycles. The van der Waals surface area contributed by atoms with Crippen molar-refractivity contribution in [2.24, 2.45) is 0 Å². The van der Waals surface area contributed by atoms with E-state index in [2.05, 4.69) is 16.4 Å². The third-order valence-electron chi connectivity index (χ3n) is 3.92. The van der Waals surface area contributed by atoms with Gasteiger partial charge in [-0.2, -0.15) is 0 Å². The van der Waals surface area contributed by atoms with Gasteiger partial charge in [-0.15, -0.1) is 11.3 Å². The Hall–Kier alpha value is -1.85. The van der Waals surface area contributed by atoms with Crippen LogP contribution < -0.4 is 5.32 Å². The van der Waals surface area contributed by atoms with Crippen LogP contribution in [0.25, 0.3) is 11.6 Å². The second kappa shape index (κ2) is 5.16. The zero-order valence-corrected chi connectivity index (χ0v) is 12.3. The maximum Gasteiger partial charge on any atom is 0.257 e. The van der Waals surface area contributed by atoms with E-state index in [4.69, 9.17) is 4.74 Å². The molecule has 4 heterocycles. The van der Waals surface area contributed by atoms with Gasteiger partial charge in [0, 0.05) is 35.4 Å². The minimum Gasteiger partial charge on any atom is -0.378 e. The lowest BCUT2D eigenvalue weighted by Gasteiger charge is -2.06. The van der Waals surface area contributed by atoms with Crippen LogP contribution in [0.3, 0.4) is 0 Å². The number of ether oxygens (including phenoxy) is 1. The molecule has 108 valence electrons. The van der Waals surface area contributed by atoms with E-state index in [0.29, 0.717) is 6.10 Å². The number of carbonyl (C=O) groups is 1. The quantitative estimate of drug-likeness (QED) is 0.855. The number of aromatic nitrogens is 1. The first-order valence-corrected chi connectivity index (χ1v) is 8.02. The molecule has 1 saturated heterocycles. The van der Waals surface area contributed by atoms with E-state index in [1.165, 1.54) is 4.88 Å². The molecule has 2 aromatic rings. The monoisotopic (exact) mass is 300 g/mol. The Balaban J connectivity index is 1.62. The van der Waals surface area contributed by atoms with Gasteiger partial charge < -0.3 is 15.0 Å². The van der Waals surface area contributed by atoms with Crippen molar-refractivity contribution in [3.05, 3.63) is 40.5 Å². The van der Waals surface area contributed by atoms with E-state index in [-0.39, 0.29) is 5.91 Å². The number of anilines is 1. The van der Waals surface area contributed by atoms with Crippen molar-refractivity contribution in [3.63, 3.8) is 0 Å². The SMILES string of the molecule is O=C1Nc2sc(CC3CCCO3)cc2C1=Cc1ccc[nH]1. The van der Waals surface area contributed by atoms with Gasteiger partial charge in [0.15, 0.2) is 0 Å². The molecule has 0 aliphatic carbocycles. The summed E-state index contributed by atoms with van der Waals surface area (Å²) in [6, 6.07) is 6.02. The zero-order valence-electron chi connectivity index (χ0n) is 11.5. The Bertz CT molecular complexity index is 694. The molecule has 2 aliphatic rings. The van der Waals surface area contributed by atoms with Gasteiger partial charge in [-0.25, -0.2) is 0 Å². The maximum absolute atomic E-state index is 12.1. The molecular weight excluding hydrogens is 284 g/mol. The summed E-state index contributed by atoms with van der Waals surface area (Å²) in [4.78, 5) is 16.5. The summed E-state index contributed by atoms with van der Waals surface area (Å²) in [6.45, 7) is 0.879. The first-order valence-electron chi connectivity index (χ1n) is 7.21. The minimum absolute atomic E-state index is 0.0190. The van der Waals surface area contributed by atoms with Crippen molar-refractivity contribution in [1.29, 1.82) is 0 Å². The van der Waals surface area contributed by atoms with E-state index in [1.807, 2.05) is 24.4 Å². The topological polar surface area (TPSA) is 54.1 Å². The Morgan fingerprint density at radius 3 is 3.19 bits per heavy atom. The van der Waals surface area contributed by atoms with Crippen LogP contribution in [0.15, 0.2) is 24.4 Å². The number of hydrogen-bond donors (Lipinski definition) is 2. The van der Waals surface area contributed by atoms with Gasteiger partial charge in [-0.1, -0.05) is 0 Å². The van der Waals surface area contributed by atoms with Crippen LogP contribution in [-0.4, -0.2) is 23.6 Å². The highest BCUT2D eigenvalue weighted by Crippen LogP contribution is 2.40. The molecule has 1 atom stereocenters. The van der Waals surface area contributed by atoms with Gasteiger partial charge in [0.25, 0.3) is 5.91 Å². The van der Waals surface area contributed by atoms with Crippen molar-refractivity contribution in [1.82, 2.24) is 4.98 Å². The van der Waals surface area contributed by atoms with E-state index < -0.39 is 0 Å². The summed E-state index contributed by atoms with van der Waals surface area (Å²) in [6.07, 6.45) is 7.35. The van der Waals surface area contributed by atoms with Gasteiger partial charge in [0.2, 0.25) is 0 Å². The van der Waals surface area contributed by atoms with E-state index in [0.717, 1.165) is 47.7 Å². The summed E-state index contributed by atoms with van der Waals surface area (Å²) in [5, 5.41) is 3.93. The summed E-state index contributed by atoms with van der Waals surface area (Å²) < 4.78 is 5.69. The Labute approximate surface area is 126 Å². The molecule has 21 heavy (non-hydrogen) atoms. The highest BCUT2D eigenvalue weighted by Gasteiger charge is 2.28. The molecule has 0 spiro atoms. The van der Waals surface area contributed by atoms with Gasteiger partial charge in [-0.3, -0.25) is 4.79 Å². The summed E-state index contributed by atoms with van der Waals surface area (Å²) in [5.74, 6) is -0.0190. The van der Waals surface area contributed by atoms with Crippen LogP contribution in [0.5, 0.6) is 0 Å². The van der Waals surface area contributed by atoms with E-state index in [9.17, 15) is 4.79 Å². The number of nitrogens with one attached hydrogen (secondary N) is 2. The lowest BCUT2D eigenvalue weighted by Crippen LogP contribution is -2.08. The number of rotatable bonds is 3. The number of amides is 1. The summed E-state index contributed by atoms with van der Waals surface area (Å²) in [7, 11) is 0. The number of thiophene rings is 1. The Morgan fingerprint density at radius 2 is 2.43 bits per heavy atom. The lowest BCUT2D eigenvalue weighted by atomic mass is 10.1. The van der Waals surface area contributed by atoms with Crippen LogP contribution in [0.1, 0.15) is 29.0 Å². The average molecular weight is 300 g/mol. The second-order valence-corrected chi connectivity index (χ2v) is 6.57. The minimum atomic E-state index is -0.0190. The number of fused-ring (bicyclic) bond motifs is 1. The molecule has 0 radical (unpaired) electrons. The highest BCUT2D eigenvalue weighted by molar-refractivity contribution is 7.17.